The second-order valence-corrected chi connectivity index (χ2v) is 3.30. The molecule has 0 bridgehead atoms. The van der Waals surface area contributed by atoms with Crippen LogP contribution in [0.5, 0.6) is 0 Å². The predicted molar refractivity (Wildman–Crippen MR) is 60.4 cm³/mol. The Balaban J connectivity index is 3.37. The molecule has 0 radical (unpaired) electrons. The van der Waals surface area contributed by atoms with E-state index < -0.39 is 26.1 Å². The maximum atomic E-state index is 10.7. The first-order chi connectivity index (χ1) is 8.32. The van der Waals surface area contributed by atoms with Gasteiger partial charge in [-0.1, -0.05) is 0 Å². The second-order valence-electron chi connectivity index (χ2n) is 3.30. The fraction of sp³-hybridized carbons (Fsp3) is 0.111. The third-order valence-electron chi connectivity index (χ3n) is 2.07. The molecule has 0 atom stereocenters. The average molecular weight is 253 g/mol. The van der Waals surface area contributed by atoms with Crippen LogP contribution in [0, 0.1) is 30.3 Å². The van der Waals surface area contributed by atoms with Gasteiger partial charge in [0.1, 0.15) is 0 Å². The van der Waals surface area contributed by atoms with Crippen LogP contribution in [0.3, 0.4) is 0 Å². The molecule has 0 spiro atoms. The number of rotatable bonds is 4. The minimum Gasteiger partial charge on any atom is -0.259 e. The average Bonchev–Trinajstić information content (AvgIpc) is 2.28. The van der Waals surface area contributed by atoms with Gasteiger partial charge in [0.2, 0.25) is 5.70 Å². The summed E-state index contributed by atoms with van der Waals surface area (Å²) in [5.74, 6) is 0. The Labute approximate surface area is 99.8 Å². The van der Waals surface area contributed by atoms with E-state index in [0.717, 1.165) is 24.3 Å². The number of allylic oxidation sites excluding steroid dienone is 1. The monoisotopic (exact) mass is 253 g/mol. The highest BCUT2D eigenvalue weighted by Gasteiger charge is 2.19. The molecule has 0 heterocycles. The van der Waals surface area contributed by atoms with Gasteiger partial charge in [-0.05, 0) is 6.07 Å². The third kappa shape index (κ3) is 2.84. The molecule has 0 aliphatic rings. The topological polar surface area (TPSA) is 129 Å². The van der Waals surface area contributed by atoms with Crippen molar-refractivity contribution < 1.29 is 14.8 Å². The summed E-state index contributed by atoms with van der Waals surface area (Å²) in [7, 11) is 0. The molecule has 9 nitrogen and oxygen atoms in total. The normalized spacial score (nSPS) is 11.1. The Morgan fingerprint density at radius 3 is 2.17 bits per heavy atom. The van der Waals surface area contributed by atoms with E-state index in [1.54, 1.807) is 0 Å². The zero-order valence-corrected chi connectivity index (χ0v) is 9.10. The molecule has 1 aromatic rings. The summed E-state index contributed by atoms with van der Waals surface area (Å²) in [6.07, 6.45) is 0.988. The van der Waals surface area contributed by atoms with Crippen molar-refractivity contribution in [3.05, 3.63) is 59.8 Å². The molecule has 0 amide bonds. The summed E-state index contributed by atoms with van der Waals surface area (Å²) in [6.45, 7) is 1.17. The molecular formula is C9H7N3O6. The number of non-ortho nitro benzene ring substituents is 1. The van der Waals surface area contributed by atoms with Crippen LogP contribution < -0.4 is 0 Å². The lowest BCUT2D eigenvalue weighted by molar-refractivity contribution is -0.422. The minimum atomic E-state index is -0.827. The standard InChI is InChI=1S/C9H7N3O6/c1-6(10(13)14)4-7-2-3-8(11(15)16)5-9(7)12(17)18/h2-5H,1H3. The fourth-order valence-electron chi connectivity index (χ4n) is 1.20. The van der Waals surface area contributed by atoms with Crippen LogP contribution in [-0.4, -0.2) is 14.8 Å². The van der Waals surface area contributed by atoms with Gasteiger partial charge >= 0.3 is 0 Å². The fourth-order valence-corrected chi connectivity index (χ4v) is 1.20. The molecule has 0 aliphatic carbocycles. The number of hydrogen-bond donors (Lipinski definition) is 0. The van der Waals surface area contributed by atoms with E-state index in [0.29, 0.717) is 0 Å². The van der Waals surface area contributed by atoms with Gasteiger partial charge in [0, 0.05) is 19.1 Å². The molecule has 0 fully saturated rings. The summed E-state index contributed by atoms with van der Waals surface area (Å²) in [6, 6.07) is 2.91. The van der Waals surface area contributed by atoms with E-state index in [-0.39, 0.29) is 11.3 Å². The number of nitrogens with zero attached hydrogens (tertiary/aromatic N) is 3. The first-order valence-electron chi connectivity index (χ1n) is 4.58. The van der Waals surface area contributed by atoms with E-state index in [1.165, 1.54) is 6.92 Å². The summed E-state index contributed by atoms with van der Waals surface area (Å²) in [4.78, 5) is 29.3. The quantitative estimate of drug-likeness (QED) is 0.596. The van der Waals surface area contributed by atoms with Gasteiger partial charge < -0.3 is 0 Å². The van der Waals surface area contributed by atoms with Crippen molar-refractivity contribution in [2.24, 2.45) is 0 Å². The second kappa shape index (κ2) is 4.99. The zero-order chi connectivity index (χ0) is 13.9. The van der Waals surface area contributed by atoms with Crippen LogP contribution in [-0.2, 0) is 0 Å². The van der Waals surface area contributed by atoms with Gasteiger partial charge in [-0.25, -0.2) is 0 Å². The predicted octanol–water partition coefficient (Wildman–Crippen LogP) is 2.14. The van der Waals surface area contributed by atoms with Crippen molar-refractivity contribution in [1.29, 1.82) is 0 Å². The first-order valence-corrected chi connectivity index (χ1v) is 4.58. The highest BCUT2D eigenvalue weighted by Crippen LogP contribution is 2.26. The molecule has 94 valence electrons. The Kier molecular flexibility index (Phi) is 3.67. The van der Waals surface area contributed by atoms with Gasteiger partial charge in [-0.15, -0.1) is 0 Å². The molecule has 0 saturated heterocycles. The first kappa shape index (κ1) is 13.2. The number of hydrogen-bond acceptors (Lipinski definition) is 6. The minimum absolute atomic E-state index is 0.0557. The van der Waals surface area contributed by atoms with Crippen molar-refractivity contribution >= 4 is 17.5 Å². The van der Waals surface area contributed by atoms with Gasteiger partial charge in [0.05, 0.1) is 26.4 Å². The summed E-state index contributed by atoms with van der Waals surface area (Å²) >= 11 is 0. The molecule has 0 saturated carbocycles. The van der Waals surface area contributed by atoms with E-state index in [2.05, 4.69) is 0 Å². The lowest BCUT2D eigenvalue weighted by atomic mass is 10.1. The van der Waals surface area contributed by atoms with Crippen LogP contribution in [0.25, 0.3) is 6.08 Å². The third-order valence-corrected chi connectivity index (χ3v) is 2.07. The maximum Gasteiger partial charge on any atom is 0.283 e. The zero-order valence-electron chi connectivity index (χ0n) is 9.10. The number of benzene rings is 1. The van der Waals surface area contributed by atoms with E-state index in [9.17, 15) is 30.3 Å². The Bertz CT molecular complexity index is 565. The van der Waals surface area contributed by atoms with E-state index >= 15 is 0 Å². The molecular weight excluding hydrogens is 246 g/mol. The van der Waals surface area contributed by atoms with Gasteiger partial charge in [0.25, 0.3) is 11.4 Å². The summed E-state index contributed by atoms with van der Waals surface area (Å²) in [5, 5.41) is 31.6. The van der Waals surface area contributed by atoms with Crippen LogP contribution in [0.4, 0.5) is 11.4 Å². The van der Waals surface area contributed by atoms with Crippen molar-refractivity contribution in [2.45, 2.75) is 6.92 Å². The van der Waals surface area contributed by atoms with Gasteiger partial charge in [-0.3, -0.25) is 30.3 Å². The summed E-state index contributed by atoms with van der Waals surface area (Å²) in [5.41, 5.74) is -1.35. The molecule has 1 rings (SSSR count). The smallest absolute Gasteiger partial charge is 0.259 e. The lowest BCUT2D eigenvalue weighted by Gasteiger charge is -1.98. The van der Waals surface area contributed by atoms with Crippen molar-refractivity contribution in [1.82, 2.24) is 0 Å². The Morgan fingerprint density at radius 2 is 1.72 bits per heavy atom. The van der Waals surface area contributed by atoms with Gasteiger partial charge in [-0.2, -0.15) is 0 Å². The molecule has 0 unspecified atom stereocenters. The van der Waals surface area contributed by atoms with Crippen molar-refractivity contribution in [3.8, 4) is 0 Å². The Morgan fingerprint density at radius 1 is 1.11 bits per heavy atom. The highest BCUT2D eigenvalue weighted by molar-refractivity contribution is 5.64. The highest BCUT2D eigenvalue weighted by atomic mass is 16.6. The summed E-state index contributed by atoms with van der Waals surface area (Å²) < 4.78 is 0. The van der Waals surface area contributed by atoms with Crippen molar-refractivity contribution in [2.75, 3.05) is 0 Å². The molecule has 0 N–H and O–H groups in total. The van der Waals surface area contributed by atoms with E-state index in [1.807, 2.05) is 0 Å². The molecule has 0 aliphatic heterocycles. The number of nitro groups is 3. The van der Waals surface area contributed by atoms with E-state index in [4.69, 9.17) is 0 Å². The van der Waals surface area contributed by atoms with Crippen LogP contribution in [0.15, 0.2) is 23.9 Å². The molecule has 1 aromatic carbocycles. The molecule has 0 aromatic heterocycles. The largest absolute Gasteiger partial charge is 0.283 e. The Hall–Kier alpha value is -2.84. The SMILES string of the molecule is CC(=Cc1ccc([N+](=O)[O-])cc1[N+](=O)[O-])[N+](=O)[O-]. The molecule has 9 heteroatoms. The van der Waals surface area contributed by atoms with Crippen LogP contribution in [0.2, 0.25) is 0 Å². The van der Waals surface area contributed by atoms with Crippen molar-refractivity contribution in [3.63, 3.8) is 0 Å². The molecule has 18 heavy (non-hydrogen) atoms. The lowest BCUT2D eigenvalue weighted by Crippen LogP contribution is -1.97. The number of nitro benzene ring substituents is 2. The maximum absolute atomic E-state index is 10.7. The van der Waals surface area contributed by atoms with Crippen LogP contribution in [0.1, 0.15) is 12.5 Å². The van der Waals surface area contributed by atoms with Gasteiger partial charge in [0.15, 0.2) is 0 Å². The van der Waals surface area contributed by atoms with Crippen LogP contribution >= 0.6 is 0 Å².